The monoisotopic (exact) mass is 365 g/mol. The molecule has 0 aromatic heterocycles. The van der Waals surface area contributed by atoms with Gasteiger partial charge in [0.2, 0.25) is 0 Å². The van der Waals surface area contributed by atoms with Crippen molar-refractivity contribution in [2.45, 2.75) is 31.3 Å². The van der Waals surface area contributed by atoms with Crippen LogP contribution in [0.25, 0.3) is 6.08 Å². The fraction of sp³-hybridized carbons (Fsp3) is 0.417. The highest BCUT2D eigenvalue weighted by atomic mass is 16.5. The van der Waals surface area contributed by atoms with Crippen molar-refractivity contribution in [3.8, 4) is 5.75 Å². The zero-order valence-corrected chi connectivity index (χ0v) is 16.7. The summed E-state index contributed by atoms with van der Waals surface area (Å²) in [6.07, 6.45) is 5.93. The number of ether oxygens (including phenoxy) is 1. The van der Waals surface area contributed by atoms with Crippen LogP contribution in [0.15, 0.2) is 60.2 Å². The molecule has 3 nitrogen and oxygen atoms in total. The molecule has 0 amide bonds. The van der Waals surface area contributed by atoms with Crippen molar-refractivity contribution >= 4 is 6.08 Å². The average molecular weight is 366 g/mol. The Morgan fingerprint density at radius 3 is 2.63 bits per heavy atom. The van der Waals surface area contributed by atoms with Gasteiger partial charge in [0.05, 0.1) is 12.7 Å². The van der Waals surface area contributed by atoms with Crippen LogP contribution in [0.5, 0.6) is 5.75 Å². The highest BCUT2D eigenvalue weighted by Crippen LogP contribution is 2.42. The number of benzene rings is 2. The molecule has 1 aliphatic rings. The van der Waals surface area contributed by atoms with E-state index < -0.39 is 5.60 Å². The van der Waals surface area contributed by atoms with Crippen LogP contribution >= 0.6 is 0 Å². The molecular formula is C24H31NO2. The van der Waals surface area contributed by atoms with Crippen molar-refractivity contribution in [3.05, 3.63) is 71.3 Å². The van der Waals surface area contributed by atoms with E-state index in [4.69, 9.17) is 4.74 Å². The van der Waals surface area contributed by atoms with Gasteiger partial charge in [0, 0.05) is 18.9 Å². The number of hydrogen-bond donors (Lipinski definition) is 1. The minimum absolute atomic E-state index is 0.221. The van der Waals surface area contributed by atoms with Crippen molar-refractivity contribution in [3.63, 3.8) is 0 Å². The fourth-order valence-electron chi connectivity index (χ4n) is 4.23. The predicted molar refractivity (Wildman–Crippen MR) is 112 cm³/mol. The van der Waals surface area contributed by atoms with Gasteiger partial charge in [0.25, 0.3) is 0 Å². The first-order valence-corrected chi connectivity index (χ1v) is 9.77. The van der Waals surface area contributed by atoms with Crippen molar-refractivity contribution in [2.24, 2.45) is 5.92 Å². The zero-order valence-electron chi connectivity index (χ0n) is 16.7. The summed E-state index contributed by atoms with van der Waals surface area (Å²) in [6, 6.07) is 18.4. The van der Waals surface area contributed by atoms with Crippen LogP contribution in [0.1, 0.15) is 30.4 Å². The minimum atomic E-state index is -0.826. The van der Waals surface area contributed by atoms with E-state index in [-0.39, 0.29) is 5.92 Å². The molecule has 2 aromatic rings. The van der Waals surface area contributed by atoms with Gasteiger partial charge in [-0.25, -0.2) is 0 Å². The lowest BCUT2D eigenvalue weighted by molar-refractivity contribution is -0.0123. The lowest BCUT2D eigenvalue weighted by Gasteiger charge is -2.43. The number of methoxy groups -OCH3 is 1. The van der Waals surface area contributed by atoms with E-state index in [1.807, 2.05) is 36.4 Å². The van der Waals surface area contributed by atoms with Gasteiger partial charge in [-0.05, 0) is 62.2 Å². The number of aliphatic hydroxyl groups is 1. The molecule has 2 aromatic carbocycles. The lowest BCUT2D eigenvalue weighted by atomic mass is 9.68. The van der Waals surface area contributed by atoms with E-state index in [2.05, 4.69) is 43.3 Å². The summed E-state index contributed by atoms with van der Waals surface area (Å²) in [5.41, 5.74) is 2.58. The molecule has 0 bridgehead atoms. The summed E-state index contributed by atoms with van der Waals surface area (Å²) in [5, 5.41) is 12.0. The van der Waals surface area contributed by atoms with Gasteiger partial charge in [-0.1, -0.05) is 48.5 Å². The molecule has 3 rings (SSSR count). The van der Waals surface area contributed by atoms with Gasteiger partial charge in [0.15, 0.2) is 0 Å². The Labute approximate surface area is 163 Å². The van der Waals surface area contributed by atoms with Crippen LogP contribution in [0.2, 0.25) is 0 Å². The summed E-state index contributed by atoms with van der Waals surface area (Å²) in [4.78, 5) is 2.19. The number of nitrogens with zero attached hydrogens (tertiary/aromatic N) is 1. The molecule has 2 atom stereocenters. The molecule has 1 saturated carbocycles. The van der Waals surface area contributed by atoms with Gasteiger partial charge < -0.3 is 14.7 Å². The van der Waals surface area contributed by atoms with Crippen LogP contribution in [0.4, 0.5) is 0 Å². The first-order chi connectivity index (χ1) is 13.0. The third-order valence-corrected chi connectivity index (χ3v) is 5.57. The van der Waals surface area contributed by atoms with E-state index in [0.29, 0.717) is 6.42 Å². The van der Waals surface area contributed by atoms with Crippen molar-refractivity contribution in [1.82, 2.24) is 4.90 Å². The summed E-state index contributed by atoms with van der Waals surface area (Å²) >= 11 is 0. The summed E-state index contributed by atoms with van der Waals surface area (Å²) in [7, 11) is 5.86. The highest BCUT2D eigenvalue weighted by molar-refractivity contribution is 5.58. The quantitative estimate of drug-likeness (QED) is 0.823. The maximum Gasteiger partial charge on any atom is 0.119 e. The summed E-state index contributed by atoms with van der Waals surface area (Å²) in [5.74, 6) is 1.06. The van der Waals surface area contributed by atoms with E-state index in [1.54, 1.807) is 7.11 Å². The highest BCUT2D eigenvalue weighted by Gasteiger charge is 2.42. The van der Waals surface area contributed by atoms with Crippen LogP contribution in [-0.4, -0.2) is 43.4 Å². The van der Waals surface area contributed by atoms with Crippen LogP contribution in [0, 0.1) is 5.92 Å². The molecule has 0 radical (unpaired) electrons. The summed E-state index contributed by atoms with van der Waals surface area (Å²) in [6.45, 7) is 0.888. The Morgan fingerprint density at radius 2 is 1.93 bits per heavy atom. The second-order valence-electron chi connectivity index (χ2n) is 7.88. The maximum absolute atomic E-state index is 12.0. The second kappa shape index (κ2) is 8.73. The number of rotatable bonds is 6. The summed E-state index contributed by atoms with van der Waals surface area (Å²) < 4.78 is 5.37. The standard InChI is InChI=1S/C24H31NO2/c1-25(2)18-22-13-8-12-21(15-20-11-7-14-23(16-20)27-3)24(22,26)17-19-9-5-4-6-10-19/h4-7,9-11,14-16,22,26H,8,12-13,17-18H2,1-3H3. The Bertz CT molecular complexity index is 769. The SMILES string of the molecule is COc1cccc(C=C2CCCC(CN(C)C)C2(O)Cc2ccccc2)c1. The van der Waals surface area contributed by atoms with E-state index in [0.717, 1.165) is 42.7 Å². The molecule has 0 spiro atoms. The number of hydrogen-bond acceptors (Lipinski definition) is 3. The first kappa shape index (κ1) is 19.7. The zero-order chi connectivity index (χ0) is 19.3. The third kappa shape index (κ3) is 4.79. The van der Waals surface area contributed by atoms with Crippen LogP contribution < -0.4 is 4.74 Å². The van der Waals surface area contributed by atoms with Crippen molar-refractivity contribution < 1.29 is 9.84 Å². The average Bonchev–Trinajstić information content (AvgIpc) is 2.66. The van der Waals surface area contributed by atoms with E-state index >= 15 is 0 Å². The maximum atomic E-state index is 12.0. The fourth-order valence-corrected chi connectivity index (χ4v) is 4.23. The topological polar surface area (TPSA) is 32.7 Å². The largest absolute Gasteiger partial charge is 0.497 e. The molecule has 1 aliphatic carbocycles. The van der Waals surface area contributed by atoms with Crippen molar-refractivity contribution in [1.29, 1.82) is 0 Å². The Morgan fingerprint density at radius 1 is 1.15 bits per heavy atom. The van der Waals surface area contributed by atoms with Gasteiger partial charge in [-0.2, -0.15) is 0 Å². The van der Waals surface area contributed by atoms with Crippen LogP contribution in [-0.2, 0) is 6.42 Å². The molecule has 0 heterocycles. The first-order valence-electron chi connectivity index (χ1n) is 9.77. The van der Waals surface area contributed by atoms with Crippen LogP contribution in [0.3, 0.4) is 0 Å². The predicted octanol–water partition coefficient (Wildman–Crippen LogP) is 4.41. The minimum Gasteiger partial charge on any atom is -0.497 e. The normalized spacial score (nSPS) is 24.3. The molecule has 2 unspecified atom stereocenters. The van der Waals surface area contributed by atoms with Gasteiger partial charge in [0.1, 0.15) is 5.75 Å². The smallest absolute Gasteiger partial charge is 0.119 e. The Balaban J connectivity index is 1.99. The molecule has 1 fully saturated rings. The Hall–Kier alpha value is -2.10. The third-order valence-electron chi connectivity index (χ3n) is 5.57. The molecular weight excluding hydrogens is 334 g/mol. The lowest BCUT2D eigenvalue weighted by Crippen LogP contribution is -2.48. The van der Waals surface area contributed by atoms with E-state index in [1.165, 1.54) is 5.56 Å². The van der Waals surface area contributed by atoms with Crippen molar-refractivity contribution in [2.75, 3.05) is 27.7 Å². The van der Waals surface area contributed by atoms with Gasteiger partial charge in [-0.15, -0.1) is 0 Å². The second-order valence-corrected chi connectivity index (χ2v) is 7.88. The molecule has 1 N–H and O–H groups in total. The van der Waals surface area contributed by atoms with Gasteiger partial charge in [-0.3, -0.25) is 0 Å². The Kier molecular flexibility index (Phi) is 6.35. The van der Waals surface area contributed by atoms with E-state index in [9.17, 15) is 5.11 Å². The molecule has 27 heavy (non-hydrogen) atoms. The molecule has 0 aliphatic heterocycles. The molecule has 144 valence electrons. The molecule has 0 saturated heterocycles. The van der Waals surface area contributed by atoms with Gasteiger partial charge >= 0.3 is 0 Å². The molecule has 3 heteroatoms.